The summed E-state index contributed by atoms with van der Waals surface area (Å²) in [6, 6.07) is 8.12. The van der Waals surface area contributed by atoms with E-state index in [1.807, 2.05) is 18.2 Å². The van der Waals surface area contributed by atoms with Gasteiger partial charge in [0.25, 0.3) is 0 Å². The van der Waals surface area contributed by atoms with Gasteiger partial charge in [-0.15, -0.1) is 0 Å². The second-order valence-electron chi connectivity index (χ2n) is 2.80. The number of hydrogen-bond donors (Lipinski definition) is 0. The molecule has 0 unspecified atom stereocenters. The van der Waals surface area contributed by atoms with E-state index in [0.717, 1.165) is 11.1 Å². The highest BCUT2D eigenvalue weighted by Crippen LogP contribution is 2.26. The lowest BCUT2D eigenvalue weighted by Gasteiger charge is -2.12. The van der Waals surface area contributed by atoms with E-state index in [1.165, 1.54) is 5.56 Å². The summed E-state index contributed by atoms with van der Waals surface area (Å²) < 4.78 is 5.25. The third kappa shape index (κ3) is 2.01. The Bertz CT molecular complexity index is 247. The molecule has 0 aromatic heterocycles. The van der Waals surface area contributed by atoms with Gasteiger partial charge in [0.2, 0.25) is 0 Å². The molecule has 0 heterocycles. The number of para-hydroxylation sites is 1. The molecule has 0 N–H and O–H groups in total. The number of benzene rings is 1. The van der Waals surface area contributed by atoms with Crippen molar-refractivity contribution in [2.45, 2.75) is 12.8 Å². The normalized spacial score (nSPS) is 12.6. The van der Waals surface area contributed by atoms with Crippen molar-refractivity contribution in [2.75, 3.05) is 12.4 Å². The minimum Gasteiger partial charge on any atom is -0.496 e. The SMILES string of the molecule is COc1ccccc1[C@@H](C)CBr. The molecule has 1 nitrogen and oxygen atoms in total. The molecule has 0 aliphatic rings. The topological polar surface area (TPSA) is 9.23 Å². The average Bonchev–Trinajstić information content (AvgIpc) is 2.16. The Morgan fingerprint density at radius 1 is 1.42 bits per heavy atom. The highest BCUT2D eigenvalue weighted by atomic mass is 79.9. The molecule has 0 bridgehead atoms. The quantitative estimate of drug-likeness (QED) is 0.723. The molecule has 2 heteroatoms. The Morgan fingerprint density at radius 3 is 2.67 bits per heavy atom. The van der Waals surface area contributed by atoms with Crippen LogP contribution in [0.3, 0.4) is 0 Å². The van der Waals surface area contributed by atoms with E-state index in [0.29, 0.717) is 5.92 Å². The van der Waals surface area contributed by atoms with Gasteiger partial charge in [-0.25, -0.2) is 0 Å². The van der Waals surface area contributed by atoms with Crippen LogP contribution in [0.4, 0.5) is 0 Å². The summed E-state index contributed by atoms with van der Waals surface area (Å²) in [6.07, 6.45) is 0. The van der Waals surface area contributed by atoms with Gasteiger partial charge >= 0.3 is 0 Å². The summed E-state index contributed by atoms with van der Waals surface area (Å²) in [5, 5.41) is 0.966. The summed E-state index contributed by atoms with van der Waals surface area (Å²) in [7, 11) is 1.71. The fourth-order valence-corrected chi connectivity index (χ4v) is 1.51. The van der Waals surface area contributed by atoms with Crippen LogP contribution in [0.25, 0.3) is 0 Å². The van der Waals surface area contributed by atoms with Crippen LogP contribution in [0, 0.1) is 0 Å². The van der Waals surface area contributed by atoms with Crippen molar-refractivity contribution < 1.29 is 4.74 Å². The minimum atomic E-state index is 0.501. The number of alkyl halides is 1. The van der Waals surface area contributed by atoms with Crippen molar-refractivity contribution in [1.82, 2.24) is 0 Å². The van der Waals surface area contributed by atoms with Crippen LogP contribution in [0.5, 0.6) is 5.75 Å². The summed E-state index contributed by atoms with van der Waals surface area (Å²) in [4.78, 5) is 0. The van der Waals surface area contributed by atoms with Crippen molar-refractivity contribution in [3.63, 3.8) is 0 Å². The molecule has 0 spiro atoms. The minimum absolute atomic E-state index is 0.501. The zero-order valence-corrected chi connectivity index (χ0v) is 8.97. The van der Waals surface area contributed by atoms with Crippen molar-refractivity contribution in [2.24, 2.45) is 0 Å². The Kier molecular flexibility index (Phi) is 3.60. The monoisotopic (exact) mass is 228 g/mol. The van der Waals surface area contributed by atoms with Gasteiger partial charge < -0.3 is 4.74 Å². The lowest BCUT2D eigenvalue weighted by molar-refractivity contribution is 0.408. The second kappa shape index (κ2) is 4.51. The standard InChI is InChI=1S/C10H13BrO/c1-8(7-11)9-5-3-4-6-10(9)12-2/h3-6,8H,7H2,1-2H3/t8-/m0/s1. The lowest BCUT2D eigenvalue weighted by atomic mass is 10.0. The predicted octanol–water partition coefficient (Wildman–Crippen LogP) is 3.19. The molecule has 1 aromatic carbocycles. The molecule has 0 aliphatic heterocycles. The first-order chi connectivity index (χ1) is 5.79. The molecule has 0 saturated heterocycles. The van der Waals surface area contributed by atoms with Crippen molar-refractivity contribution >= 4 is 15.9 Å². The van der Waals surface area contributed by atoms with Gasteiger partial charge in [-0.3, -0.25) is 0 Å². The predicted molar refractivity (Wildman–Crippen MR) is 55.2 cm³/mol. The summed E-state index contributed by atoms with van der Waals surface area (Å²) in [5.41, 5.74) is 1.26. The van der Waals surface area contributed by atoms with Crippen LogP contribution < -0.4 is 4.74 Å². The zero-order chi connectivity index (χ0) is 8.97. The molecule has 1 rings (SSSR count). The number of methoxy groups -OCH3 is 1. The van der Waals surface area contributed by atoms with E-state index >= 15 is 0 Å². The first kappa shape index (κ1) is 9.59. The maximum atomic E-state index is 5.25. The molecule has 12 heavy (non-hydrogen) atoms. The van der Waals surface area contributed by atoms with Gasteiger partial charge in [0.1, 0.15) is 5.75 Å². The molecule has 66 valence electrons. The summed E-state index contributed by atoms with van der Waals surface area (Å²) in [5.74, 6) is 1.48. The highest BCUT2D eigenvalue weighted by Gasteiger charge is 2.08. The van der Waals surface area contributed by atoms with E-state index in [2.05, 4.69) is 28.9 Å². The largest absolute Gasteiger partial charge is 0.496 e. The number of hydrogen-bond acceptors (Lipinski definition) is 1. The van der Waals surface area contributed by atoms with E-state index < -0.39 is 0 Å². The number of rotatable bonds is 3. The van der Waals surface area contributed by atoms with Gasteiger partial charge in [0.05, 0.1) is 7.11 Å². The van der Waals surface area contributed by atoms with Gasteiger partial charge in [0, 0.05) is 5.33 Å². The molecule has 0 saturated carbocycles. The van der Waals surface area contributed by atoms with Crippen LogP contribution in [0.1, 0.15) is 18.4 Å². The fraction of sp³-hybridized carbons (Fsp3) is 0.400. The first-order valence-electron chi connectivity index (χ1n) is 3.98. The van der Waals surface area contributed by atoms with Crippen LogP contribution in [-0.2, 0) is 0 Å². The van der Waals surface area contributed by atoms with Crippen LogP contribution in [0.15, 0.2) is 24.3 Å². The van der Waals surface area contributed by atoms with E-state index in [-0.39, 0.29) is 0 Å². The smallest absolute Gasteiger partial charge is 0.122 e. The van der Waals surface area contributed by atoms with Gasteiger partial charge in [-0.2, -0.15) is 0 Å². The van der Waals surface area contributed by atoms with Gasteiger partial charge in [-0.05, 0) is 17.5 Å². The molecule has 1 atom stereocenters. The molecular formula is C10H13BrO. The Labute approximate surface area is 81.9 Å². The van der Waals surface area contributed by atoms with Gasteiger partial charge in [0.15, 0.2) is 0 Å². The fourth-order valence-electron chi connectivity index (χ4n) is 1.16. The van der Waals surface area contributed by atoms with E-state index in [4.69, 9.17) is 4.74 Å². The van der Waals surface area contributed by atoms with Gasteiger partial charge in [-0.1, -0.05) is 41.1 Å². The molecule has 0 radical (unpaired) electrons. The van der Waals surface area contributed by atoms with E-state index in [9.17, 15) is 0 Å². The lowest BCUT2D eigenvalue weighted by Crippen LogP contribution is -1.97. The van der Waals surface area contributed by atoms with Crippen LogP contribution >= 0.6 is 15.9 Å². The van der Waals surface area contributed by atoms with Crippen molar-refractivity contribution in [3.05, 3.63) is 29.8 Å². The number of halogens is 1. The van der Waals surface area contributed by atoms with Crippen molar-refractivity contribution in [1.29, 1.82) is 0 Å². The molecule has 0 amide bonds. The first-order valence-corrected chi connectivity index (χ1v) is 5.10. The number of ether oxygens (including phenoxy) is 1. The third-order valence-electron chi connectivity index (χ3n) is 1.90. The molecule has 1 aromatic rings. The molecule has 0 aliphatic carbocycles. The molecule has 0 fully saturated rings. The average molecular weight is 229 g/mol. The van der Waals surface area contributed by atoms with E-state index in [1.54, 1.807) is 7.11 Å². The Balaban J connectivity index is 2.96. The summed E-state index contributed by atoms with van der Waals surface area (Å²) >= 11 is 3.46. The van der Waals surface area contributed by atoms with Crippen LogP contribution in [-0.4, -0.2) is 12.4 Å². The maximum absolute atomic E-state index is 5.25. The highest BCUT2D eigenvalue weighted by molar-refractivity contribution is 9.09. The summed E-state index contributed by atoms with van der Waals surface area (Å²) in [6.45, 7) is 2.17. The second-order valence-corrected chi connectivity index (χ2v) is 3.44. The maximum Gasteiger partial charge on any atom is 0.122 e. The Hall–Kier alpha value is -0.500. The third-order valence-corrected chi connectivity index (χ3v) is 2.87. The van der Waals surface area contributed by atoms with Crippen LogP contribution in [0.2, 0.25) is 0 Å². The zero-order valence-electron chi connectivity index (χ0n) is 7.38. The molecular weight excluding hydrogens is 216 g/mol. The Morgan fingerprint density at radius 2 is 2.08 bits per heavy atom. The van der Waals surface area contributed by atoms with Crippen molar-refractivity contribution in [3.8, 4) is 5.75 Å².